The highest BCUT2D eigenvalue weighted by Gasteiger charge is 2.25. The lowest BCUT2D eigenvalue weighted by molar-refractivity contribution is -0.889. The van der Waals surface area contributed by atoms with Crippen LogP contribution in [0.3, 0.4) is 0 Å². The number of rotatable bonds is 36. The van der Waals surface area contributed by atoms with E-state index in [1.165, 1.54) is 25.7 Å². The van der Waals surface area contributed by atoms with Gasteiger partial charge < -0.3 is 28.6 Å². The summed E-state index contributed by atoms with van der Waals surface area (Å²) in [5.74, 6) is -1.84. The molecule has 0 spiro atoms. The molecular weight excluding hydrogens is 691 g/mol. The lowest BCUT2D eigenvalue weighted by atomic mass is 10.1. The molecule has 0 heterocycles. The van der Waals surface area contributed by atoms with E-state index in [2.05, 4.69) is 98.9 Å². The van der Waals surface area contributed by atoms with Gasteiger partial charge in [0.05, 0.1) is 40.3 Å². The summed E-state index contributed by atoms with van der Waals surface area (Å²) in [6.45, 7) is 4.41. The van der Waals surface area contributed by atoms with Crippen LogP contribution in [0, 0.1) is 0 Å². The van der Waals surface area contributed by atoms with Crippen molar-refractivity contribution in [2.75, 3.05) is 41.0 Å². The highest BCUT2D eigenvalue weighted by atomic mass is 16.6. The quantitative estimate of drug-likeness (QED) is 0.0271. The Morgan fingerprint density at radius 3 is 1.55 bits per heavy atom. The zero-order valence-electron chi connectivity index (χ0n) is 35.3. The summed E-state index contributed by atoms with van der Waals surface area (Å²) in [4.78, 5) is 36.7. The number of esters is 2. The number of likely N-dealkylation sites (N-methyl/N-ethyl adjacent to an activating group) is 1. The van der Waals surface area contributed by atoms with Crippen LogP contribution in [0.1, 0.15) is 142 Å². The predicted molar refractivity (Wildman–Crippen MR) is 226 cm³/mol. The molecule has 2 atom stereocenters. The number of ether oxygens (including phenoxy) is 3. The predicted octanol–water partition coefficient (Wildman–Crippen LogP) is 10.0. The van der Waals surface area contributed by atoms with Crippen LogP contribution in [-0.4, -0.2) is 75.5 Å². The number of aliphatic carboxylic acids is 1. The number of carboxylic acids is 1. The second kappa shape index (κ2) is 37.4. The lowest BCUT2D eigenvalue weighted by Gasteiger charge is -2.34. The molecule has 0 radical (unpaired) electrons. The first-order valence-electron chi connectivity index (χ1n) is 21.1. The molecule has 0 aromatic rings. The van der Waals surface area contributed by atoms with E-state index < -0.39 is 18.1 Å². The molecule has 8 nitrogen and oxygen atoms in total. The number of hydrogen-bond donors (Lipinski definition) is 0. The van der Waals surface area contributed by atoms with Gasteiger partial charge in [0, 0.05) is 19.3 Å². The minimum absolute atomic E-state index is 0.0134. The SMILES string of the molecule is CC/C=C/C/C=C/C/C=C/C/C=C/C/C=C/C/C=C/CCCCCC(=O)OCC(COCCC(C(=O)[O-])[N+](C)(C)C)OC(=O)CCC/C=C/CCCCCC. The van der Waals surface area contributed by atoms with Gasteiger partial charge in [-0.1, -0.05) is 125 Å². The molecule has 0 bridgehead atoms. The number of quaternary nitrogens is 1. The second-order valence-electron chi connectivity index (χ2n) is 14.8. The van der Waals surface area contributed by atoms with Gasteiger partial charge in [-0.15, -0.1) is 0 Å². The Morgan fingerprint density at radius 1 is 0.564 bits per heavy atom. The summed E-state index contributed by atoms with van der Waals surface area (Å²) in [6.07, 6.45) is 47.7. The van der Waals surface area contributed by atoms with Crippen molar-refractivity contribution < 1.29 is 38.2 Å². The molecular formula is C47H77NO7. The van der Waals surface area contributed by atoms with Gasteiger partial charge in [-0.25, -0.2) is 0 Å². The van der Waals surface area contributed by atoms with Gasteiger partial charge in [-0.2, -0.15) is 0 Å². The molecule has 0 aromatic heterocycles. The molecule has 0 aliphatic carbocycles. The van der Waals surface area contributed by atoms with E-state index in [1.807, 2.05) is 0 Å². The Labute approximate surface area is 335 Å². The Balaban J connectivity index is 4.38. The molecule has 55 heavy (non-hydrogen) atoms. The fraction of sp³-hybridized carbons (Fsp3) is 0.638. The second-order valence-corrected chi connectivity index (χ2v) is 14.8. The average Bonchev–Trinajstić information content (AvgIpc) is 3.14. The highest BCUT2D eigenvalue weighted by Crippen LogP contribution is 2.11. The fourth-order valence-corrected chi connectivity index (χ4v) is 5.49. The molecule has 8 heteroatoms. The number of nitrogens with zero attached hydrogens (tertiary/aromatic N) is 1. The molecule has 0 saturated carbocycles. The van der Waals surface area contributed by atoms with Crippen LogP contribution < -0.4 is 5.11 Å². The zero-order valence-corrected chi connectivity index (χ0v) is 35.3. The van der Waals surface area contributed by atoms with Crippen LogP contribution in [0.15, 0.2) is 85.1 Å². The van der Waals surface area contributed by atoms with Crippen LogP contribution >= 0.6 is 0 Å². The van der Waals surface area contributed by atoms with E-state index in [9.17, 15) is 19.5 Å². The molecule has 0 amide bonds. The molecule has 0 aromatic carbocycles. The monoisotopic (exact) mass is 768 g/mol. The highest BCUT2D eigenvalue weighted by molar-refractivity contribution is 5.70. The van der Waals surface area contributed by atoms with Crippen LogP contribution in [0.4, 0.5) is 0 Å². The van der Waals surface area contributed by atoms with Crippen LogP contribution in [0.2, 0.25) is 0 Å². The summed E-state index contributed by atoms with van der Waals surface area (Å²) >= 11 is 0. The van der Waals surface area contributed by atoms with Gasteiger partial charge in [-0.3, -0.25) is 9.59 Å². The fourth-order valence-electron chi connectivity index (χ4n) is 5.49. The normalized spacial score (nSPS) is 13.8. The van der Waals surface area contributed by atoms with Gasteiger partial charge in [0.2, 0.25) is 0 Å². The first-order chi connectivity index (χ1) is 26.6. The van der Waals surface area contributed by atoms with Crippen molar-refractivity contribution in [2.45, 2.75) is 154 Å². The van der Waals surface area contributed by atoms with E-state index in [1.54, 1.807) is 21.1 Å². The lowest BCUT2D eigenvalue weighted by Crippen LogP contribution is -2.55. The third-order valence-corrected chi connectivity index (χ3v) is 8.77. The number of allylic oxidation sites excluding steroid dienone is 14. The van der Waals surface area contributed by atoms with Crippen molar-refractivity contribution in [1.82, 2.24) is 0 Å². The van der Waals surface area contributed by atoms with Crippen molar-refractivity contribution >= 4 is 17.9 Å². The third-order valence-electron chi connectivity index (χ3n) is 8.77. The molecule has 0 aliphatic heterocycles. The maximum Gasteiger partial charge on any atom is 0.306 e. The van der Waals surface area contributed by atoms with Gasteiger partial charge >= 0.3 is 11.9 Å². The largest absolute Gasteiger partial charge is 0.544 e. The van der Waals surface area contributed by atoms with Gasteiger partial charge in [0.15, 0.2) is 6.10 Å². The minimum Gasteiger partial charge on any atom is -0.544 e. The van der Waals surface area contributed by atoms with Crippen LogP contribution in [0.25, 0.3) is 0 Å². The molecule has 0 fully saturated rings. The van der Waals surface area contributed by atoms with Gasteiger partial charge in [0.25, 0.3) is 0 Å². The standard InChI is InChI=1S/C47H77NO7/c1-6-8-10-12-14-16-17-18-19-20-21-22-23-24-25-26-27-28-30-31-33-35-37-45(49)54-42-43(41-53-40-39-44(47(51)52)48(3,4)5)55-46(50)38-36-34-32-29-15-13-11-9-7-2/h8,10,14,16,18-19,21-22,24-25,27-29,32,43-44H,6-7,9,11-13,15,17,20,23,26,30-31,33-42H2,1-5H3/b10-8+,16-14+,19-18+,22-21+,25-24+,28-27+,32-29+. The molecule has 0 N–H and O–H groups in total. The summed E-state index contributed by atoms with van der Waals surface area (Å²) in [5.41, 5.74) is 0. The first-order valence-corrected chi connectivity index (χ1v) is 21.1. The summed E-state index contributed by atoms with van der Waals surface area (Å²) in [7, 11) is 5.37. The number of carboxylic acid groups (broad SMARTS) is 1. The van der Waals surface area contributed by atoms with Crippen molar-refractivity contribution in [1.29, 1.82) is 0 Å². The van der Waals surface area contributed by atoms with E-state index >= 15 is 0 Å². The van der Waals surface area contributed by atoms with Crippen molar-refractivity contribution in [3.8, 4) is 0 Å². The summed E-state index contributed by atoms with van der Waals surface area (Å²) < 4.78 is 17.0. The molecule has 0 aliphatic rings. The maximum absolute atomic E-state index is 12.6. The molecule has 0 saturated heterocycles. The topological polar surface area (TPSA) is 102 Å². The first kappa shape index (κ1) is 51.5. The Kier molecular flexibility index (Phi) is 35.1. The van der Waals surface area contributed by atoms with E-state index in [0.717, 1.165) is 77.0 Å². The number of hydrogen-bond acceptors (Lipinski definition) is 7. The maximum atomic E-state index is 12.6. The Morgan fingerprint density at radius 2 is 1.04 bits per heavy atom. The minimum atomic E-state index is -1.14. The van der Waals surface area contributed by atoms with Crippen molar-refractivity contribution in [2.24, 2.45) is 0 Å². The summed E-state index contributed by atoms with van der Waals surface area (Å²) in [5, 5.41) is 11.6. The van der Waals surface area contributed by atoms with E-state index in [0.29, 0.717) is 12.8 Å². The van der Waals surface area contributed by atoms with Crippen LogP contribution in [-0.2, 0) is 28.6 Å². The van der Waals surface area contributed by atoms with E-state index in [4.69, 9.17) is 14.2 Å². The van der Waals surface area contributed by atoms with E-state index in [-0.39, 0.29) is 49.1 Å². The molecule has 0 rings (SSSR count). The average molecular weight is 768 g/mol. The zero-order chi connectivity index (χ0) is 40.7. The summed E-state index contributed by atoms with van der Waals surface area (Å²) in [6, 6.07) is -0.738. The Bertz CT molecular complexity index is 1170. The Hall–Kier alpha value is -3.49. The van der Waals surface area contributed by atoms with Crippen LogP contribution in [0.5, 0.6) is 0 Å². The third kappa shape index (κ3) is 35.9. The van der Waals surface area contributed by atoms with Gasteiger partial charge in [0.1, 0.15) is 12.6 Å². The molecule has 2 unspecified atom stereocenters. The number of carbonyl (C=O) groups is 3. The van der Waals surface area contributed by atoms with Crippen molar-refractivity contribution in [3.63, 3.8) is 0 Å². The molecule has 312 valence electrons. The smallest absolute Gasteiger partial charge is 0.306 e. The number of unbranched alkanes of at least 4 members (excludes halogenated alkanes) is 8. The van der Waals surface area contributed by atoms with Crippen molar-refractivity contribution in [3.05, 3.63) is 85.1 Å². The number of carbonyl (C=O) groups excluding carboxylic acids is 3. The van der Waals surface area contributed by atoms with Gasteiger partial charge in [-0.05, 0) is 83.5 Å².